The molecule has 0 saturated carbocycles. The zero-order valence-electron chi connectivity index (χ0n) is 11.2. The van der Waals surface area contributed by atoms with Crippen molar-refractivity contribution in [3.05, 3.63) is 0 Å². The highest BCUT2D eigenvalue weighted by Gasteiger charge is 2.34. The van der Waals surface area contributed by atoms with Crippen LogP contribution in [-0.2, 0) is 4.79 Å². The van der Waals surface area contributed by atoms with E-state index in [4.69, 9.17) is 0 Å². The summed E-state index contributed by atoms with van der Waals surface area (Å²) in [4.78, 5) is 13.7. The van der Waals surface area contributed by atoms with Crippen molar-refractivity contribution in [2.75, 3.05) is 19.6 Å². The molecule has 94 valence electrons. The van der Waals surface area contributed by atoms with Crippen LogP contribution in [0.15, 0.2) is 0 Å². The quantitative estimate of drug-likeness (QED) is 0.778. The van der Waals surface area contributed by atoms with Crippen LogP contribution >= 0.6 is 0 Å². The number of unbranched alkanes of at least 4 members (excludes halogenated alkanes) is 1. The monoisotopic (exact) mass is 226 g/mol. The summed E-state index contributed by atoms with van der Waals surface area (Å²) in [5.74, 6) is 0.806. The van der Waals surface area contributed by atoms with Crippen LogP contribution in [0.5, 0.6) is 0 Å². The molecule has 1 N–H and O–H groups in total. The summed E-state index contributed by atoms with van der Waals surface area (Å²) >= 11 is 0. The van der Waals surface area contributed by atoms with Crippen LogP contribution in [0, 0.1) is 5.92 Å². The van der Waals surface area contributed by atoms with Crippen molar-refractivity contribution in [2.24, 2.45) is 5.92 Å². The molecule has 0 aliphatic carbocycles. The van der Waals surface area contributed by atoms with E-state index in [9.17, 15) is 4.79 Å². The maximum absolute atomic E-state index is 11.4. The standard InChI is InChI=1S/C13H26N2O/c1-5-6-7-11(2)13(3,4)15-9-8-14-12(16)10-15/h11H,5-10H2,1-4H3,(H,14,16). The van der Waals surface area contributed by atoms with E-state index in [-0.39, 0.29) is 11.4 Å². The average Bonchev–Trinajstić information content (AvgIpc) is 2.25. The van der Waals surface area contributed by atoms with E-state index >= 15 is 0 Å². The van der Waals surface area contributed by atoms with Crippen LogP contribution in [-0.4, -0.2) is 36.0 Å². The zero-order chi connectivity index (χ0) is 12.2. The smallest absolute Gasteiger partial charge is 0.234 e. The first-order chi connectivity index (χ1) is 7.48. The third kappa shape index (κ3) is 3.21. The molecular weight excluding hydrogens is 200 g/mol. The highest BCUT2D eigenvalue weighted by molar-refractivity contribution is 5.78. The predicted molar refractivity (Wildman–Crippen MR) is 67.4 cm³/mol. The molecule has 0 aromatic heterocycles. The summed E-state index contributed by atoms with van der Waals surface area (Å²) in [6.45, 7) is 11.4. The second kappa shape index (κ2) is 5.67. The normalized spacial score (nSPS) is 20.6. The molecule has 3 heteroatoms. The number of nitrogens with zero attached hydrogens (tertiary/aromatic N) is 1. The van der Waals surface area contributed by atoms with Gasteiger partial charge >= 0.3 is 0 Å². The van der Waals surface area contributed by atoms with E-state index in [0.717, 1.165) is 13.1 Å². The van der Waals surface area contributed by atoms with Crippen molar-refractivity contribution >= 4 is 5.91 Å². The topological polar surface area (TPSA) is 32.3 Å². The Morgan fingerprint density at radius 2 is 2.19 bits per heavy atom. The third-order valence-electron chi connectivity index (χ3n) is 4.05. The van der Waals surface area contributed by atoms with E-state index in [2.05, 4.69) is 37.9 Å². The van der Waals surface area contributed by atoms with Crippen molar-refractivity contribution in [3.8, 4) is 0 Å². The molecule has 1 rings (SSSR count). The van der Waals surface area contributed by atoms with E-state index < -0.39 is 0 Å². The molecule has 0 bridgehead atoms. The number of piperazine rings is 1. The van der Waals surface area contributed by atoms with Gasteiger partial charge in [-0.1, -0.05) is 26.7 Å². The molecule has 1 atom stereocenters. The number of amides is 1. The van der Waals surface area contributed by atoms with Gasteiger partial charge in [0.2, 0.25) is 5.91 Å². The molecule has 0 aromatic carbocycles. The lowest BCUT2D eigenvalue weighted by molar-refractivity contribution is -0.127. The van der Waals surface area contributed by atoms with Crippen molar-refractivity contribution in [1.29, 1.82) is 0 Å². The van der Waals surface area contributed by atoms with Gasteiger partial charge in [0.15, 0.2) is 0 Å². The fourth-order valence-electron chi connectivity index (χ4n) is 2.31. The Balaban J connectivity index is 2.56. The number of carbonyl (C=O) groups is 1. The number of carbonyl (C=O) groups excluding carboxylic acids is 1. The molecule has 1 amide bonds. The third-order valence-corrected chi connectivity index (χ3v) is 4.05. The molecule has 1 saturated heterocycles. The van der Waals surface area contributed by atoms with E-state index in [1.165, 1.54) is 19.3 Å². The van der Waals surface area contributed by atoms with Crippen molar-refractivity contribution in [1.82, 2.24) is 10.2 Å². The molecule has 16 heavy (non-hydrogen) atoms. The zero-order valence-corrected chi connectivity index (χ0v) is 11.2. The minimum Gasteiger partial charge on any atom is -0.354 e. The van der Waals surface area contributed by atoms with Crippen LogP contribution in [0.2, 0.25) is 0 Å². The highest BCUT2D eigenvalue weighted by atomic mass is 16.2. The highest BCUT2D eigenvalue weighted by Crippen LogP contribution is 2.28. The summed E-state index contributed by atoms with van der Waals surface area (Å²) in [5, 5.41) is 2.89. The first-order valence-corrected chi connectivity index (χ1v) is 6.50. The van der Waals surface area contributed by atoms with Crippen molar-refractivity contribution < 1.29 is 4.79 Å². The maximum atomic E-state index is 11.4. The minimum atomic E-state index is 0.132. The second-order valence-electron chi connectivity index (χ2n) is 5.47. The van der Waals surface area contributed by atoms with Gasteiger partial charge in [-0.2, -0.15) is 0 Å². The summed E-state index contributed by atoms with van der Waals surface area (Å²) in [6, 6.07) is 0. The van der Waals surface area contributed by atoms with E-state index in [1.54, 1.807) is 0 Å². The van der Waals surface area contributed by atoms with Gasteiger partial charge in [0, 0.05) is 18.6 Å². The Hall–Kier alpha value is -0.570. The maximum Gasteiger partial charge on any atom is 0.234 e. The Kier molecular flexibility index (Phi) is 4.78. The predicted octanol–water partition coefficient (Wildman–Crippen LogP) is 2.02. The van der Waals surface area contributed by atoms with E-state index in [0.29, 0.717) is 12.5 Å². The van der Waals surface area contributed by atoms with Gasteiger partial charge in [0.1, 0.15) is 0 Å². The molecular formula is C13H26N2O. The molecule has 0 spiro atoms. The molecule has 0 aromatic rings. The summed E-state index contributed by atoms with van der Waals surface area (Å²) in [6.07, 6.45) is 3.78. The lowest BCUT2D eigenvalue weighted by atomic mass is 9.83. The van der Waals surface area contributed by atoms with Crippen LogP contribution < -0.4 is 5.32 Å². The molecule has 0 radical (unpaired) electrons. The summed E-state index contributed by atoms with van der Waals surface area (Å²) in [5.41, 5.74) is 0.132. The number of rotatable bonds is 5. The lowest BCUT2D eigenvalue weighted by Gasteiger charge is -2.44. The van der Waals surface area contributed by atoms with Gasteiger partial charge in [-0.3, -0.25) is 9.69 Å². The number of nitrogens with one attached hydrogen (secondary N) is 1. The van der Waals surface area contributed by atoms with Crippen molar-refractivity contribution in [3.63, 3.8) is 0 Å². The van der Waals surface area contributed by atoms with Crippen molar-refractivity contribution in [2.45, 2.75) is 52.5 Å². The van der Waals surface area contributed by atoms with Crippen LogP contribution in [0.25, 0.3) is 0 Å². The SMILES string of the molecule is CCCCC(C)C(C)(C)N1CCNC(=O)C1. The number of hydrogen-bond acceptors (Lipinski definition) is 2. The summed E-state index contributed by atoms with van der Waals surface area (Å²) in [7, 11) is 0. The van der Waals surface area contributed by atoms with Gasteiger partial charge in [-0.25, -0.2) is 0 Å². The van der Waals surface area contributed by atoms with Gasteiger partial charge in [0.05, 0.1) is 6.54 Å². The first kappa shape index (κ1) is 13.5. The number of hydrogen-bond donors (Lipinski definition) is 1. The fraction of sp³-hybridized carbons (Fsp3) is 0.923. The second-order valence-corrected chi connectivity index (χ2v) is 5.47. The Morgan fingerprint density at radius 3 is 2.75 bits per heavy atom. The molecule has 1 aliphatic heterocycles. The summed E-state index contributed by atoms with van der Waals surface area (Å²) < 4.78 is 0. The van der Waals surface area contributed by atoms with Gasteiger partial charge in [-0.15, -0.1) is 0 Å². The Morgan fingerprint density at radius 1 is 1.50 bits per heavy atom. The van der Waals surface area contributed by atoms with Crippen LogP contribution in [0.4, 0.5) is 0 Å². The Labute approximate surface area is 99.6 Å². The minimum absolute atomic E-state index is 0.132. The molecule has 3 nitrogen and oxygen atoms in total. The lowest BCUT2D eigenvalue weighted by Crippen LogP contribution is -2.58. The average molecular weight is 226 g/mol. The van der Waals surface area contributed by atoms with Gasteiger partial charge in [-0.05, 0) is 26.2 Å². The first-order valence-electron chi connectivity index (χ1n) is 6.50. The fourth-order valence-corrected chi connectivity index (χ4v) is 2.31. The largest absolute Gasteiger partial charge is 0.354 e. The molecule has 1 heterocycles. The molecule has 1 fully saturated rings. The van der Waals surface area contributed by atoms with Crippen LogP contribution in [0.1, 0.15) is 47.0 Å². The van der Waals surface area contributed by atoms with Crippen LogP contribution in [0.3, 0.4) is 0 Å². The van der Waals surface area contributed by atoms with Gasteiger partial charge in [0.25, 0.3) is 0 Å². The Bertz CT molecular complexity index is 238. The van der Waals surface area contributed by atoms with E-state index in [1.807, 2.05) is 0 Å². The molecule has 1 unspecified atom stereocenters. The molecule has 1 aliphatic rings. The van der Waals surface area contributed by atoms with Gasteiger partial charge < -0.3 is 5.32 Å².